The van der Waals surface area contributed by atoms with Crippen molar-refractivity contribution >= 4 is 11.5 Å². The van der Waals surface area contributed by atoms with Crippen LogP contribution in [0.25, 0.3) is 5.65 Å². The zero-order chi connectivity index (χ0) is 15.3. The van der Waals surface area contributed by atoms with Gasteiger partial charge in [0.1, 0.15) is 5.82 Å². The standard InChI is InChI=1S/C11H14F3N5O2/c12-11(13,14)10-17-16-9-3-2-8(18-19(9)10)15-4-1-6-21-7-5-20/h2-3,20H,1,4-7H2,(H,15,18). The maximum atomic E-state index is 12.7. The molecule has 0 fully saturated rings. The highest BCUT2D eigenvalue weighted by atomic mass is 19.4. The summed E-state index contributed by atoms with van der Waals surface area (Å²) in [6, 6.07) is 2.93. The summed E-state index contributed by atoms with van der Waals surface area (Å²) in [7, 11) is 0. The van der Waals surface area contributed by atoms with Gasteiger partial charge in [0.15, 0.2) is 5.65 Å². The lowest BCUT2D eigenvalue weighted by Gasteiger charge is -2.07. The number of aliphatic hydroxyl groups is 1. The van der Waals surface area contributed by atoms with Crippen LogP contribution >= 0.6 is 0 Å². The highest BCUT2D eigenvalue weighted by Crippen LogP contribution is 2.27. The predicted octanol–water partition coefficient (Wildman–Crippen LogP) is 0.954. The fourth-order valence-corrected chi connectivity index (χ4v) is 1.62. The number of fused-ring (bicyclic) bond motifs is 1. The van der Waals surface area contributed by atoms with E-state index in [9.17, 15) is 13.2 Å². The molecule has 10 heteroatoms. The predicted molar refractivity (Wildman–Crippen MR) is 66.8 cm³/mol. The first kappa shape index (κ1) is 15.4. The zero-order valence-electron chi connectivity index (χ0n) is 11.0. The van der Waals surface area contributed by atoms with Gasteiger partial charge < -0.3 is 15.2 Å². The van der Waals surface area contributed by atoms with Gasteiger partial charge in [0.25, 0.3) is 5.82 Å². The molecule has 2 aromatic heterocycles. The van der Waals surface area contributed by atoms with E-state index in [1.807, 2.05) is 0 Å². The van der Waals surface area contributed by atoms with Crippen molar-refractivity contribution < 1.29 is 23.0 Å². The maximum Gasteiger partial charge on any atom is 0.453 e. The molecule has 0 unspecified atom stereocenters. The van der Waals surface area contributed by atoms with Gasteiger partial charge in [-0.3, -0.25) is 0 Å². The van der Waals surface area contributed by atoms with E-state index in [-0.39, 0.29) is 24.7 Å². The maximum absolute atomic E-state index is 12.7. The van der Waals surface area contributed by atoms with Gasteiger partial charge in [-0.05, 0) is 18.6 Å². The molecular weight excluding hydrogens is 291 g/mol. The lowest BCUT2D eigenvalue weighted by molar-refractivity contribution is -0.146. The Morgan fingerprint density at radius 1 is 1.24 bits per heavy atom. The molecule has 0 aliphatic carbocycles. The zero-order valence-corrected chi connectivity index (χ0v) is 11.0. The molecule has 0 saturated carbocycles. The largest absolute Gasteiger partial charge is 0.453 e. The van der Waals surface area contributed by atoms with Gasteiger partial charge in [0, 0.05) is 13.2 Å². The minimum Gasteiger partial charge on any atom is -0.394 e. The fourth-order valence-electron chi connectivity index (χ4n) is 1.62. The molecule has 0 amide bonds. The van der Waals surface area contributed by atoms with Crippen molar-refractivity contribution in [3.05, 3.63) is 18.0 Å². The third-order valence-corrected chi connectivity index (χ3v) is 2.52. The minimum absolute atomic E-state index is 0.0270. The molecule has 0 spiro atoms. The van der Waals surface area contributed by atoms with E-state index >= 15 is 0 Å². The Labute approximate surface area is 117 Å². The second-order valence-electron chi connectivity index (χ2n) is 4.13. The molecule has 116 valence electrons. The van der Waals surface area contributed by atoms with E-state index in [1.54, 1.807) is 0 Å². The average molecular weight is 305 g/mol. The molecule has 0 aliphatic rings. The number of anilines is 1. The fraction of sp³-hybridized carbons (Fsp3) is 0.545. The summed E-state index contributed by atoms with van der Waals surface area (Å²) in [5.74, 6) is -0.873. The molecule has 2 N–H and O–H groups in total. The second-order valence-corrected chi connectivity index (χ2v) is 4.13. The van der Waals surface area contributed by atoms with E-state index in [4.69, 9.17) is 9.84 Å². The van der Waals surface area contributed by atoms with Gasteiger partial charge in [-0.2, -0.15) is 17.7 Å². The lowest BCUT2D eigenvalue weighted by Crippen LogP contribution is -2.14. The Morgan fingerprint density at radius 2 is 2.05 bits per heavy atom. The van der Waals surface area contributed by atoms with E-state index < -0.39 is 12.0 Å². The van der Waals surface area contributed by atoms with Crippen molar-refractivity contribution in [1.82, 2.24) is 19.8 Å². The van der Waals surface area contributed by atoms with Crippen LogP contribution in [0.4, 0.5) is 19.0 Å². The summed E-state index contributed by atoms with van der Waals surface area (Å²) in [5.41, 5.74) is 0.0270. The van der Waals surface area contributed by atoms with Crippen LogP contribution in [0.15, 0.2) is 12.1 Å². The Balaban J connectivity index is 1.98. The molecule has 0 aromatic carbocycles. The van der Waals surface area contributed by atoms with Crippen LogP contribution in [0.1, 0.15) is 12.2 Å². The number of aliphatic hydroxyl groups excluding tert-OH is 1. The highest BCUT2D eigenvalue weighted by Gasteiger charge is 2.37. The summed E-state index contributed by atoms with van der Waals surface area (Å²) in [6.07, 6.45) is -3.98. The lowest BCUT2D eigenvalue weighted by atomic mass is 10.4. The number of nitrogens with zero attached hydrogens (tertiary/aromatic N) is 4. The molecule has 7 nitrogen and oxygen atoms in total. The van der Waals surface area contributed by atoms with Crippen molar-refractivity contribution in [1.29, 1.82) is 0 Å². The molecule has 2 aromatic rings. The number of rotatable bonds is 7. The van der Waals surface area contributed by atoms with E-state index in [1.165, 1.54) is 12.1 Å². The normalized spacial score (nSPS) is 12.0. The summed E-state index contributed by atoms with van der Waals surface area (Å²) in [6.45, 7) is 1.14. The van der Waals surface area contributed by atoms with Crippen molar-refractivity contribution in [3.8, 4) is 0 Å². The topological polar surface area (TPSA) is 84.6 Å². The molecule has 2 heterocycles. The minimum atomic E-state index is -4.61. The number of hydrogen-bond acceptors (Lipinski definition) is 6. The molecular formula is C11H14F3N5O2. The molecule has 0 radical (unpaired) electrons. The molecule has 2 rings (SSSR count). The molecule has 0 saturated heterocycles. The van der Waals surface area contributed by atoms with Gasteiger partial charge in [0.05, 0.1) is 13.2 Å². The van der Waals surface area contributed by atoms with Crippen molar-refractivity contribution in [2.45, 2.75) is 12.6 Å². The Morgan fingerprint density at radius 3 is 2.76 bits per heavy atom. The van der Waals surface area contributed by atoms with Crippen LogP contribution in [0.5, 0.6) is 0 Å². The molecule has 21 heavy (non-hydrogen) atoms. The third-order valence-electron chi connectivity index (χ3n) is 2.52. The first-order chi connectivity index (χ1) is 10.0. The summed E-state index contributed by atoms with van der Waals surface area (Å²) in [4.78, 5) is 0. The van der Waals surface area contributed by atoms with Crippen molar-refractivity contribution in [2.75, 3.05) is 31.7 Å². The van der Waals surface area contributed by atoms with Gasteiger partial charge in [-0.15, -0.1) is 15.3 Å². The van der Waals surface area contributed by atoms with Crippen LogP contribution in [-0.4, -0.2) is 51.3 Å². The van der Waals surface area contributed by atoms with Crippen LogP contribution in [-0.2, 0) is 10.9 Å². The quantitative estimate of drug-likeness (QED) is 0.741. The van der Waals surface area contributed by atoms with Crippen LogP contribution in [0.3, 0.4) is 0 Å². The van der Waals surface area contributed by atoms with Crippen molar-refractivity contribution in [2.24, 2.45) is 0 Å². The van der Waals surface area contributed by atoms with Gasteiger partial charge in [0.2, 0.25) is 0 Å². The van der Waals surface area contributed by atoms with Crippen LogP contribution in [0.2, 0.25) is 0 Å². The molecule has 0 bridgehead atoms. The Bertz CT molecular complexity index is 587. The Hall–Kier alpha value is -1.94. The van der Waals surface area contributed by atoms with Crippen LogP contribution in [0, 0.1) is 0 Å². The molecule has 0 atom stereocenters. The molecule has 0 aliphatic heterocycles. The first-order valence-electron chi connectivity index (χ1n) is 6.24. The monoisotopic (exact) mass is 305 g/mol. The first-order valence-corrected chi connectivity index (χ1v) is 6.24. The number of alkyl halides is 3. The summed E-state index contributed by atoms with van der Waals surface area (Å²) in [5, 5.41) is 21.7. The SMILES string of the molecule is OCCOCCCNc1ccc2nnc(C(F)(F)F)n2n1. The average Bonchev–Trinajstić information content (AvgIpc) is 2.85. The number of hydrogen-bond donors (Lipinski definition) is 2. The highest BCUT2D eigenvalue weighted by molar-refractivity contribution is 5.44. The third kappa shape index (κ3) is 4.02. The van der Waals surface area contributed by atoms with E-state index in [0.717, 1.165) is 0 Å². The van der Waals surface area contributed by atoms with Gasteiger partial charge >= 0.3 is 6.18 Å². The number of aromatic nitrogens is 4. The van der Waals surface area contributed by atoms with E-state index in [0.29, 0.717) is 24.1 Å². The van der Waals surface area contributed by atoms with Crippen LogP contribution < -0.4 is 5.32 Å². The second kappa shape index (κ2) is 6.68. The van der Waals surface area contributed by atoms with Crippen molar-refractivity contribution in [3.63, 3.8) is 0 Å². The number of halogens is 3. The summed E-state index contributed by atoms with van der Waals surface area (Å²) >= 11 is 0. The van der Waals surface area contributed by atoms with Gasteiger partial charge in [-0.1, -0.05) is 0 Å². The van der Waals surface area contributed by atoms with E-state index in [2.05, 4.69) is 20.6 Å². The number of nitrogens with one attached hydrogen (secondary N) is 1. The summed E-state index contributed by atoms with van der Waals surface area (Å²) < 4.78 is 43.8. The smallest absolute Gasteiger partial charge is 0.394 e. The number of ether oxygens (including phenoxy) is 1. The van der Waals surface area contributed by atoms with Gasteiger partial charge in [-0.25, -0.2) is 0 Å². The Kier molecular flexibility index (Phi) is 4.91.